The van der Waals surface area contributed by atoms with Gasteiger partial charge in [0, 0.05) is 0 Å². The SMILES string of the molecule is CCC(C)CCCC(CC)CCCC(C)CC. The molecule has 0 spiro atoms. The molecule has 0 saturated carbocycles. The largest absolute Gasteiger partial charge is 0.0651 e. The minimum atomic E-state index is 0.938. The first kappa shape index (κ1) is 17.0. The van der Waals surface area contributed by atoms with Gasteiger partial charge in [-0.2, -0.15) is 0 Å². The summed E-state index contributed by atoms with van der Waals surface area (Å²) in [5.41, 5.74) is 0. The zero-order valence-corrected chi connectivity index (χ0v) is 13.1. The lowest BCUT2D eigenvalue weighted by atomic mass is 9.89. The second-order valence-corrected chi connectivity index (χ2v) is 6.16. The molecule has 0 aliphatic heterocycles. The Bertz CT molecular complexity index is 134. The predicted molar refractivity (Wildman–Crippen MR) is 80.4 cm³/mol. The zero-order valence-electron chi connectivity index (χ0n) is 13.1. The van der Waals surface area contributed by atoms with Gasteiger partial charge >= 0.3 is 0 Å². The molecule has 0 aliphatic rings. The molecule has 0 radical (unpaired) electrons. The number of rotatable bonds is 11. The van der Waals surface area contributed by atoms with Crippen LogP contribution in [0.15, 0.2) is 0 Å². The van der Waals surface area contributed by atoms with Crippen molar-refractivity contribution in [1.82, 2.24) is 0 Å². The van der Waals surface area contributed by atoms with Crippen molar-refractivity contribution in [2.45, 2.75) is 92.4 Å². The molecule has 104 valence electrons. The molecule has 0 rings (SSSR count). The van der Waals surface area contributed by atoms with Gasteiger partial charge in [0.15, 0.2) is 0 Å². The predicted octanol–water partition coefficient (Wildman–Crippen LogP) is 6.45. The molecule has 0 heteroatoms. The molecule has 0 aliphatic carbocycles. The molecular weight excluding hydrogens is 204 g/mol. The van der Waals surface area contributed by atoms with E-state index in [1.54, 1.807) is 0 Å². The molecule has 0 aromatic heterocycles. The number of hydrogen-bond donors (Lipinski definition) is 0. The van der Waals surface area contributed by atoms with Gasteiger partial charge in [-0.3, -0.25) is 0 Å². The van der Waals surface area contributed by atoms with E-state index < -0.39 is 0 Å². The fraction of sp³-hybridized carbons (Fsp3) is 1.00. The van der Waals surface area contributed by atoms with Crippen molar-refractivity contribution in [1.29, 1.82) is 0 Å². The molecule has 0 nitrogen and oxygen atoms in total. The first-order valence-corrected chi connectivity index (χ1v) is 8.13. The Morgan fingerprint density at radius 2 is 1.00 bits per heavy atom. The quantitative estimate of drug-likeness (QED) is 0.389. The van der Waals surface area contributed by atoms with Crippen molar-refractivity contribution < 1.29 is 0 Å². The lowest BCUT2D eigenvalue weighted by Gasteiger charge is -2.17. The highest BCUT2D eigenvalue weighted by Crippen LogP contribution is 2.23. The molecule has 2 unspecified atom stereocenters. The van der Waals surface area contributed by atoms with Gasteiger partial charge in [0.25, 0.3) is 0 Å². The lowest BCUT2D eigenvalue weighted by Crippen LogP contribution is -2.02. The van der Waals surface area contributed by atoms with Gasteiger partial charge in [-0.1, -0.05) is 92.4 Å². The lowest BCUT2D eigenvalue weighted by molar-refractivity contribution is 0.362. The zero-order chi connectivity index (χ0) is 13.1. The Kier molecular flexibility index (Phi) is 11.1. The third-order valence-corrected chi connectivity index (χ3v) is 4.59. The Labute approximate surface area is 111 Å². The molecule has 0 amide bonds. The van der Waals surface area contributed by atoms with Crippen LogP contribution in [0.5, 0.6) is 0 Å². The maximum Gasteiger partial charge on any atom is -0.0417 e. The van der Waals surface area contributed by atoms with Crippen LogP contribution in [-0.2, 0) is 0 Å². The third kappa shape index (κ3) is 9.68. The first-order valence-electron chi connectivity index (χ1n) is 8.13. The summed E-state index contributed by atoms with van der Waals surface area (Å²) in [5, 5.41) is 0. The summed E-state index contributed by atoms with van der Waals surface area (Å²) in [6, 6.07) is 0. The van der Waals surface area contributed by atoms with Gasteiger partial charge < -0.3 is 0 Å². The second-order valence-electron chi connectivity index (χ2n) is 6.16. The Morgan fingerprint density at radius 3 is 1.29 bits per heavy atom. The van der Waals surface area contributed by atoms with E-state index in [1.165, 1.54) is 57.8 Å². The highest BCUT2D eigenvalue weighted by atomic mass is 14.1. The normalized spacial score (nSPS) is 16.8. The van der Waals surface area contributed by atoms with E-state index in [0.717, 1.165) is 17.8 Å². The smallest absolute Gasteiger partial charge is 0.0417 e. The van der Waals surface area contributed by atoms with E-state index in [4.69, 9.17) is 0 Å². The summed E-state index contributed by atoms with van der Waals surface area (Å²) in [4.78, 5) is 0. The van der Waals surface area contributed by atoms with Gasteiger partial charge in [0.2, 0.25) is 0 Å². The molecular formula is C17H36. The van der Waals surface area contributed by atoms with Crippen molar-refractivity contribution in [3.63, 3.8) is 0 Å². The van der Waals surface area contributed by atoms with Crippen LogP contribution in [-0.4, -0.2) is 0 Å². The van der Waals surface area contributed by atoms with Gasteiger partial charge in [-0.15, -0.1) is 0 Å². The molecule has 0 N–H and O–H groups in total. The van der Waals surface area contributed by atoms with E-state index in [1.807, 2.05) is 0 Å². The van der Waals surface area contributed by atoms with Crippen LogP contribution in [0.3, 0.4) is 0 Å². The van der Waals surface area contributed by atoms with E-state index in [9.17, 15) is 0 Å². The van der Waals surface area contributed by atoms with E-state index in [0.29, 0.717) is 0 Å². The molecule has 0 bridgehead atoms. The maximum atomic E-state index is 2.39. The molecule has 0 aromatic rings. The van der Waals surface area contributed by atoms with E-state index in [2.05, 4.69) is 34.6 Å². The van der Waals surface area contributed by atoms with E-state index in [-0.39, 0.29) is 0 Å². The Balaban J connectivity index is 3.55. The Morgan fingerprint density at radius 1 is 0.588 bits per heavy atom. The summed E-state index contributed by atoms with van der Waals surface area (Å²) in [5.74, 6) is 2.88. The summed E-state index contributed by atoms with van der Waals surface area (Å²) >= 11 is 0. The average molecular weight is 240 g/mol. The molecule has 0 aromatic carbocycles. The molecule has 0 fully saturated rings. The van der Waals surface area contributed by atoms with E-state index >= 15 is 0 Å². The van der Waals surface area contributed by atoms with Crippen LogP contribution in [0, 0.1) is 17.8 Å². The van der Waals surface area contributed by atoms with Crippen LogP contribution in [0.1, 0.15) is 92.4 Å². The minimum absolute atomic E-state index is 0.938. The van der Waals surface area contributed by atoms with Gasteiger partial charge in [-0.05, 0) is 17.8 Å². The molecule has 17 heavy (non-hydrogen) atoms. The van der Waals surface area contributed by atoms with Crippen LogP contribution < -0.4 is 0 Å². The van der Waals surface area contributed by atoms with Crippen LogP contribution in [0.25, 0.3) is 0 Å². The maximum absolute atomic E-state index is 2.39. The van der Waals surface area contributed by atoms with Gasteiger partial charge in [0.1, 0.15) is 0 Å². The van der Waals surface area contributed by atoms with Crippen LogP contribution >= 0.6 is 0 Å². The second kappa shape index (κ2) is 11.1. The number of hydrogen-bond acceptors (Lipinski definition) is 0. The van der Waals surface area contributed by atoms with Gasteiger partial charge in [0.05, 0.1) is 0 Å². The third-order valence-electron chi connectivity index (χ3n) is 4.59. The van der Waals surface area contributed by atoms with Gasteiger partial charge in [-0.25, -0.2) is 0 Å². The summed E-state index contributed by atoms with van der Waals surface area (Å²) in [6.07, 6.45) is 12.8. The summed E-state index contributed by atoms with van der Waals surface area (Å²) < 4.78 is 0. The van der Waals surface area contributed by atoms with Crippen molar-refractivity contribution in [3.05, 3.63) is 0 Å². The molecule has 2 atom stereocenters. The summed E-state index contributed by atoms with van der Waals surface area (Å²) in [6.45, 7) is 11.8. The van der Waals surface area contributed by atoms with Crippen LogP contribution in [0.4, 0.5) is 0 Å². The topological polar surface area (TPSA) is 0 Å². The first-order chi connectivity index (χ1) is 8.13. The Hall–Kier alpha value is 0. The van der Waals surface area contributed by atoms with Crippen molar-refractivity contribution in [3.8, 4) is 0 Å². The molecule has 0 heterocycles. The standard InChI is InChI=1S/C17H36/c1-6-15(4)11-9-13-17(8-3)14-10-12-16(5)7-2/h15-17H,6-14H2,1-5H3. The fourth-order valence-corrected chi connectivity index (χ4v) is 2.47. The van der Waals surface area contributed by atoms with Crippen molar-refractivity contribution in [2.75, 3.05) is 0 Å². The van der Waals surface area contributed by atoms with Crippen LogP contribution in [0.2, 0.25) is 0 Å². The monoisotopic (exact) mass is 240 g/mol. The fourth-order valence-electron chi connectivity index (χ4n) is 2.47. The highest BCUT2D eigenvalue weighted by Gasteiger charge is 2.08. The highest BCUT2D eigenvalue weighted by molar-refractivity contribution is 4.61. The molecule has 0 saturated heterocycles. The summed E-state index contributed by atoms with van der Waals surface area (Å²) in [7, 11) is 0. The van der Waals surface area contributed by atoms with Crippen molar-refractivity contribution >= 4 is 0 Å². The minimum Gasteiger partial charge on any atom is -0.0651 e. The van der Waals surface area contributed by atoms with Crippen molar-refractivity contribution in [2.24, 2.45) is 17.8 Å². The average Bonchev–Trinajstić information content (AvgIpc) is 2.36.